The molecule has 0 N–H and O–H groups in total. The molecule has 2 aromatic rings. The van der Waals surface area contributed by atoms with Crippen LogP contribution in [0.3, 0.4) is 0 Å². The third-order valence-corrected chi connectivity index (χ3v) is 3.64. The number of nitrogens with zero attached hydrogens (tertiary/aromatic N) is 2. The van der Waals surface area contributed by atoms with Crippen molar-refractivity contribution in [1.82, 2.24) is 9.97 Å². The molecule has 18 heavy (non-hydrogen) atoms. The Labute approximate surface area is 132 Å². The zero-order chi connectivity index (χ0) is 13.1. The summed E-state index contributed by atoms with van der Waals surface area (Å²) in [6, 6.07) is 11.3. The first-order valence-corrected chi connectivity index (χ1v) is 7.79. The summed E-state index contributed by atoms with van der Waals surface area (Å²) in [7, 11) is 0. The molecule has 2 atom stereocenters. The molecule has 0 aliphatic rings. The Balaban J connectivity index is 2.42. The smallest absolute Gasteiger partial charge is 0.130 e. The van der Waals surface area contributed by atoms with Crippen LogP contribution in [0.1, 0.15) is 20.0 Å². The molecule has 0 aromatic carbocycles. The van der Waals surface area contributed by atoms with E-state index in [2.05, 4.69) is 41.8 Å². The fourth-order valence-electron chi connectivity index (χ4n) is 1.43. The van der Waals surface area contributed by atoms with Gasteiger partial charge in [-0.25, -0.2) is 9.97 Å². The topological polar surface area (TPSA) is 25.8 Å². The Bertz CT molecular complexity index is 498. The van der Waals surface area contributed by atoms with E-state index in [0.717, 1.165) is 22.8 Å². The first-order chi connectivity index (χ1) is 8.58. The molecule has 2 aromatic heterocycles. The SMILES string of the molecule is ClC(Br)c1cccc(-c2cccc(C(Cl)Br)n2)n1. The fourth-order valence-corrected chi connectivity index (χ4v) is 2.18. The van der Waals surface area contributed by atoms with Crippen LogP contribution in [0.4, 0.5) is 0 Å². The maximum absolute atomic E-state index is 5.95. The summed E-state index contributed by atoms with van der Waals surface area (Å²) in [6.45, 7) is 0. The average molecular weight is 411 g/mol. The van der Waals surface area contributed by atoms with Gasteiger partial charge in [-0.3, -0.25) is 0 Å². The fraction of sp³-hybridized carbons (Fsp3) is 0.167. The number of pyridine rings is 2. The Morgan fingerprint density at radius 3 is 1.50 bits per heavy atom. The molecule has 0 saturated heterocycles. The van der Waals surface area contributed by atoms with E-state index in [1.165, 1.54) is 0 Å². The number of aromatic nitrogens is 2. The van der Waals surface area contributed by atoms with Crippen molar-refractivity contribution in [3.05, 3.63) is 47.8 Å². The molecule has 0 spiro atoms. The summed E-state index contributed by atoms with van der Waals surface area (Å²) >= 11 is 18.5. The molecule has 94 valence electrons. The predicted molar refractivity (Wildman–Crippen MR) is 82.5 cm³/mol. The van der Waals surface area contributed by atoms with Gasteiger partial charge in [0, 0.05) is 0 Å². The van der Waals surface area contributed by atoms with Crippen LogP contribution in [0.25, 0.3) is 11.4 Å². The minimum Gasteiger partial charge on any atom is -0.249 e. The second kappa shape index (κ2) is 6.33. The molecule has 2 unspecified atom stereocenters. The van der Waals surface area contributed by atoms with Crippen LogP contribution in [-0.4, -0.2) is 9.97 Å². The Hall–Kier alpha value is -0.160. The van der Waals surface area contributed by atoms with Crippen molar-refractivity contribution in [2.24, 2.45) is 0 Å². The highest BCUT2D eigenvalue weighted by atomic mass is 79.9. The molecule has 0 saturated carbocycles. The normalized spacial score (nSPS) is 14.2. The van der Waals surface area contributed by atoms with Crippen LogP contribution in [0.2, 0.25) is 0 Å². The Morgan fingerprint density at radius 2 is 1.17 bits per heavy atom. The molecule has 2 rings (SSSR count). The van der Waals surface area contributed by atoms with Crippen molar-refractivity contribution < 1.29 is 0 Å². The minimum atomic E-state index is -0.308. The summed E-state index contributed by atoms with van der Waals surface area (Å²) in [6.07, 6.45) is 0. The van der Waals surface area contributed by atoms with Crippen molar-refractivity contribution in [3.8, 4) is 11.4 Å². The van der Waals surface area contributed by atoms with Gasteiger partial charge in [0.1, 0.15) is 8.57 Å². The van der Waals surface area contributed by atoms with Gasteiger partial charge in [-0.1, -0.05) is 44.0 Å². The lowest BCUT2D eigenvalue weighted by Gasteiger charge is -2.07. The zero-order valence-electron chi connectivity index (χ0n) is 9.03. The molecule has 0 fully saturated rings. The lowest BCUT2D eigenvalue weighted by molar-refractivity contribution is 1.12. The minimum absolute atomic E-state index is 0.308. The molecule has 0 radical (unpaired) electrons. The van der Waals surface area contributed by atoms with Gasteiger partial charge in [0.05, 0.1) is 22.8 Å². The van der Waals surface area contributed by atoms with Crippen molar-refractivity contribution in [1.29, 1.82) is 0 Å². The van der Waals surface area contributed by atoms with Gasteiger partial charge in [0.15, 0.2) is 0 Å². The highest BCUT2D eigenvalue weighted by molar-refractivity contribution is 9.09. The van der Waals surface area contributed by atoms with E-state index >= 15 is 0 Å². The summed E-state index contributed by atoms with van der Waals surface area (Å²) in [5.74, 6) is 0. The van der Waals surface area contributed by atoms with Crippen molar-refractivity contribution in [2.45, 2.75) is 8.57 Å². The summed E-state index contributed by atoms with van der Waals surface area (Å²) in [5, 5.41) is 0. The first-order valence-electron chi connectivity index (χ1n) is 5.08. The molecule has 0 aliphatic carbocycles. The predicted octanol–water partition coefficient (Wildman–Crippen LogP) is 5.41. The van der Waals surface area contributed by atoms with Gasteiger partial charge < -0.3 is 0 Å². The Morgan fingerprint density at radius 1 is 0.778 bits per heavy atom. The van der Waals surface area contributed by atoms with Gasteiger partial charge in [0.2, 0.25) is 0 Å². The standard InChI is InChI=1S/C12H8Br2Cl2N2/c13-11(15)9-5-1-3-7(17-9)8-4-2-6-10(18-8)12(14)16/h1-6,11-12H. The van der Waals surface area contributed by atoms with Gasteiger partial charge in [-0.05, 0) is 24.3 Å². The molecule has 6 heteroatoms. The van der Waals surface area contributed by atoms with E-state index in [0.29, 0.717) is 0 Å². The van der Waals surface area contributed by atoms with Crippen LogP contribution in [0.15, 0.2) is 36.4 Å². The lowest BCUT2D eigenvalue weighted by Crippen LogP contribution is -1.95. The van der Waals surface area contributed by atoms with Crippen LogP contribution in [0.5, 0.6) is 0 Å². The van der Waals surface area contributed by atoms with E-state index in [4.69, 9.17) is 23.2 Å². The number of alkyl halides is 4. The quantitative estimate of drug-likeness (QED) is 0.632. The second-order valence-electron chi connectivity index (χ2n) is 3.50. The average Bonchev–Trinajstić information content (AvgIpc) is 2.39. The van der Waals surface area contributed by atoms with Crippen molar-refractivity contribution in [3.63, 3.8) is 0 Å². The van der Waals surface area contributed by atoms with Crippen molar-refractivity contribution >= 4 is 55.1 Å². The van der Waals surface area contributed by atoms with Gasteiger partial charge in [-0.2, -0.15) is 0 Å². The van der Waals surface area contributed by atoms with E-state index in [9.17, 15) is 0 Å². The number of hydrogen-bond acceptors (Lipinski definition) is 2. The zero-order valence-corrected chi connectivity index (χ0v) is 13.7. The largest absolute Gasteiger partial charge is 0.249 e. The van der Waals surface area contributed by atoms with E-state index < -0.39 is 0 Å². The third-order valence-electron chi connectivity index (χ3n) is 2.25. The summed E-state index contributed by atoms with van der Waals surface area (Å²) < 4.78 is -0.616. The highest BCUT2D eigenvalue weighted by Gasteiger charge is 2.10. The monoisotopic (exact) mass is 408 g/mol. The van der Waals surface area contributed by atoms with E-state index in [1.54, 1.807) is 0 Å². The Kier molecular flexibility index (Phi) is 5.01. The maximum atomic E-state index is 5.95. The van der Waals surface area contributed by atoms with Gasteiger partial charge in [0.25, 0.3) is 0 Å². The molecule has 0 bridgehead atoms. The summed E-state index contributed by atoms with van der Waals surface area (Å²) in [5.41, 5.74) is 3.04. The number of hydrogen-bond donors (Lipinski definition) is 0. The molecule has 2 nitrogen and oxygen atoms in total. The van der Waals surface area contributed by atoms with Crippen LogP contribution in [0, 0.1) is 0 Å². The van der Waals surface area contributed by atoms with Gasteiger partial charge in [-0.15, -0.1) is 23.2 Å². The number of halogens is 4. The molecular weight excluding hydrogens is 403 g/mol. The van der Waals surface area contributed by atoms with Crippen molar-refractivity contribution in [2.75, 3.05) is 0 Å². The molecule has 2 heterocycles. The second-order valence-corrected chi connectivity index (χ2v) is 7.26. The lowest BCUT2D eigenvalue weighted by atomic mass is 10.2. The van der Waals surface area contributed by atoms with Gasteiger partial charge >= 0.3 is 0 Å². The first kappa shape index (κ1) is 14.3. The summed E-state index contributed by atoms with van der Waals surface area (Å²) in [4.78, 5) is 8.89. The van der Waals surface area contributed by atoms with Crippen LogP contribution in [-0.2, 0) is 0 Å². The molecule has 0 amide bonds. The molecular formula is C12H8Br2Cl2N2. The van der Waals surface area contributed by atoms with Crippen LogP contribution >= 0.6 is 55.1 Å². The molecule has 0 aliphatic heterocycles. The van der Waals surface area contributed by atoms with Crippen LogP contribution < -0.4 is 0 Å². The van der Waals surface area contributed by atoms with E-state index in [-0.39, 0.29) is 8.57 Å². The number of rotatable bonds is 3. The highest BCUT2D eigenvalue weighted by Crippen LogP contribution is 2.29. The van der Waals surface area contributed by atoms with E-state index in [1.807, 2.05) is 36.4 Å². The third kappa shape index (κ3) is 3.44. The maximum Gasteiger partial charge on any atom is 0.130 e.